The van der Waals surface area contributed by atoms with Crippen LogP contribution < -0.4 is 16.0 Å². The molecule has 7 nitrogen and oxygen atoms in total. The molecule has 0 radical (unpaired) electrons. The Balaban J connectivity index is 1.85. The van der Waals surface area contributed by atoms with Crippen LogP contribution in [0.4, 0.5) is 16.2 Å². The van der Waals surface area contributed by atoms with E-state index in [0.717, 1.165) is 4.88 Å². The van der Waals surface area contributed by atoms with E-state index < -0.39 is 6.03 Å². The minimum atomic E-state index is -0.538. The van der Waals surface area contributed by atoms with Crippen LogP contribution in [-0.2, 0) is 10.2 Å². The monoisotopic (exact) mass is 482 g/mol. The highest BCUT2D eigenvalue weighted by Gasteiger charge is 2.28. The Morgan fingerprint density at radius 1 is 1.13 bits per heavy atom. The Morgan fingerprint density at radius 3 is 2.55 bits per heavy atom. The number of thiophene rings is 1. The molecule has 0 atom stereocenters. The zero-order valence-electron chi connectivity index (χ0n) is 17.5. The second-order valence-corrected chi connectivity index (χ2v) is 10.0. The van der Waals surface area contributed by atoms with E-state index in [4.69, 9.17) is 23.2 Å². The summed E-state index contributed by atoms with van der Waals surface area (Å²) < 4.78 is 0. The minimum Gasteiger partial charge on any atom is -0.354 e. The summed E-state index contributed by atoms with van der Waals surface area (Å²) in [7, 11) is 0. The molecular weight excluding hydrogens is 459 g/mol. The van der Waals surface area contributed by atoms with Gasteiger partial charge in [-0.2, -0.15) is 0 Å². The molecule has 166 valence electrons. The van der Waals surface area contributed by atoms with E-state index in [9.17, 15) is 14.4 Å². The lowest BCUT2D eigenvalue weighted by Gasteiger charge is -2.19. The van der Waals surface area contributed by atoms with Gasteiger partial charge in [0.25, 0.3) is 5.91 Å². The van der Waals surface area contributed by atoms with Crippen molar-refractivity contribution >= 4 is 63.8 Å². The fraction of sp³-hybridized carbons (Fsp3) is 0.381. The van der Waals surface area contributed by atoms with Gasteiger partial charge in [-0.3, -0.25) is 9.59 Å². The maximum Gasteiger partial charge on any atom is 0.323 e. The van der Waals surface area contributed by atoms with Crippen LogP contribution >= 0.6 is 34.5 Å². The molecule has 1 aromatic heterocycles. The molecule has 31 heavy (non-hydrogen) atoms. The molecule has 10 heteroatoms. The second kappa shape index (κ2) is 9.46. The number of benzene rings is 1. The van der Waals surface area contributed by atoms with Crippen LogP contribution in [0.2, 0.25) is 10.0 Å². The molecule has 0 spiro atoms. The van der Waals surface area contributed by atoms with E-state index in [1.807, 2.05) is 26.8 Å². The first-order valence-corrected chi connectivity index (χ1v) is 11.4. The Hall–Kier alpha value is -2.29. The van der Waals surface area contributed by atoms with E-state index in [1.54, 1.807) is 23.1 Å². The largest absolute Gasteiger partial charge is 0.354 e. The number of carbonyl (C=O) groups excluding carboxylic acids is 3. The van der Waals surface area contributed by atoms with Gasteiger partial charge < -0.3 is 20.9 Å². The van der Waals surface area contributed by atoms with E-state index in [-0.39, 0.29) is 28.7 Å². The number of hydrogen-bond acceptors (Lipinski definition) is 4. The molecule has 2 aromatic rings. The van der Waals surface area contributed by atoms with Gasteiger partial charge in [-0.15, -0.1) is 11.3 Å². The fourth-order valence-corrected chi connectivity index (χ4v) is 4.49. The highest BCUT2D eigenvalue weighted by Crippen LogP contribution is 2.36. The van der Waals surface area contributed by atoms with Crippen LogP contribution in [0.25, 0.3) is 0 Å². The lowest BCUT2D eigenvalue weighted by Crippen LogP contribution is -2.34. The molecule has 0 unspecified atom stereocenters. The smallest absolute Gasteiger partial charge is 0.323 e. The number of rotatable bonds is 3. The highest BCUT2D eigenvalue weighted by atomic mass is 35.5. The Bertz CT molecular complexity index is 1020. The Morgan fingerprint density at radius 2 is 1.84 bits per heavy atom. The lowest BCUT2D eigenvalue weighted by molar-refractivity contribution is -0.120. The number of urea groups is 1. The molecule has 1 saturated heterocycles. The Labute approximate surface area is 195 Å². The van der Waals surface area contributed by atoms with Gasteiger partial charge in [-0.05, 0) is 23.6 Å². The number of hydrogen-bond donors (Lipinski definition) is 3. The quantitative estimate of drug-likeness (QED) is 0.577. The fourth-order valence-electron chi connectivity index (χ4n) is 3.00. The number of amides is 4. The van der Waals surface area contributed by atoms with Gasteiger partial charge in [0.1, 0.15) is 4.88 Å². The Kier molecular flexibility index (Phi) is 7.13. The third kappa shape index (κ3) is 5.70. The van der Waals surface area contributed by atoms with Crippen molar-refractivity contribution in [2.24, 2.45) is 0 Å². The number of anilines is 2. The molecule has 2 heterocycles. The van der Waals surface area contributed by atoms with Crippen LogP contribution in [-0.4, -0.2) is 42.4 Å². The van der Waals surface area contributed by atoms with Crippen LogP contribution in [0.5, 0.6) is 0 Å². The van der Waals surface area contributed by atoms with E-state index >= 15 is 0 Å². The summed E-state index contributed by atoms with van der Waals surface area (Å²) >= 11 is 13.5. The average molecular weight is 483 g/mol. The SMILES string of the molecule is CC(C)(C)c1cc(NC(=O)Nc2cccc(Cl)c2Cl)c(C(=O)N2CCNC(=O)CC2)s1. The molecule has 0 saturated carbocycles. The van der Waals surface area contributed by atoms with Crippen molar-refractivity contribution in [1.29, 1.82) is 0 Å². The molecule has 1 aliphatic rings. The van der Waals surface area contributed by atoms with Crippen molar-refractivity contribution in [2.75, 3.05) is 30.3 Å². The van der Waals surface area contributed by atoms with Crippen LogP contribution in [0.15, 0.2) is 24.3 Å². The molecule has 4 amide bonds. The molecular formula is C21H24Cl2N4O3S. The third-order valence-corrected chi connectivity index (χ3v) is 7.08. The van der Waals surface area contributed by atoms with E-state index in [0.29, 0.717) is 40.9 Å². The van der Waals surface area contributed by atoms with Gasteiger partial charge in [0, 0.05) is 30.9 Å². The standard InChI is InChI=1S/C21H24Cl2N4O3S/c1-21(2,3)15-11-14(26-20(30)25-13-6-4-5-12(22)17(13)23)18(31-15)19(29)27-9-7-16(28)24-8-10-27/h4-6,11H,7-10H2,1-3H3,(H,24,28)(H2,25,26,30). The first-order chi connectivity index (χ1) is 14.6. The van der Waals surface area contributed by atoms with Crippen molar-refractivity contribution in [1.82, 2.24) is 10.2 Å². The molecule has 1 aliphatic heterocycles. The number of nitrogens with zero attached hydrogens (tertiary/aromatic N) is 1. The van der Waals surface area contributed by atoms with Gasteiger partial charge in [-0.1, -0.05) is 50.0 Å². The molecule has 1 fully saturated rings. The van der Waals surface area contributed by atoms with Crippen molar-refractivity contribution in [3.05, 3.63) is 44.1 Å². The third-order valence-electron chi connectivity index (χ3n) is 4.71. The van der Waals surface area contributed by atoms with Crippen LogP contribution in [0.3, 0.4) is 0 Å². The van der Waals surface area contributed by atoms with Gasteiger partial charge in [0.05, 0.1) is 21.4 Å². The van der Waals surface area contributed by atoms with Crippen molar-refractivity contribution in [3.63, 3.8) is 0 Å². The maximum absolute atomic E-state index is 13.2. The minimum absolute atomic E-state index is 0.0759. The average Bonchev–Trinajstić information content (AvgIpc) is 2.99. The summed E-state index contributed by atoms with van der Waals surface area (Å²) in [5.41, 5.74) is 0.574. The number of halogens is 2. The number of nitrogens with one attached hydrogen (secondary N) is 3. The molecule has 0 bridgehead atoms. The van der Waals surface area contributed by atoms with Gasteiger partial charge in [0.2, 0.25) is 5.91 Å². The highest BCUT2D eigenvalue weighted by molar-refractivity contribution is 7.14. The van der Waals surface area contributed by atoms with Gasteiger partial charge in [-0.25, -0.2) is 4.79 Å². The molecule has 3 rings (SSSR count). The summed E-state index contributed by atoms with van der Waals surface area (Å²) in [6.07, 6.45) is 0.250. The number of carbonyl (C=O) groups is 3. The predicted molar refractivity (Wildman–Crippen MR) is 126 cm³/mol. The van der Waals surface area contributed by atoms with Crippen molar-refractivity contribution in [3.8, 4) is 0 Å². The summed E-state index contributed by atoms with van der Waals surface area (Å²) in [5.74, 6) is -0.291. The second-order valence-electron chi connectivity index (χ2n) is 8.18. The first kappa shape index (κ1) is 23.4. The van der Waals surface area contributed by atoms with Crippen LogP contribution in [0, 0.1) is 0 Å². The normalized spacial score (nSPS) is 14.6. The first-order valence-electron chi connectivity index (χ1n) is 9.78. The van der Waals surface area contributed by atoms with Gasteiger partial charge in [0.15, 0.2) is 0 Å². The predicted octanol–water partition coefficient (Wildman–Crippen LogP) is 4.96. The van der Waals surface area contributed by atoms with Crippen molar-refractivity contribution < 1.29 is 14.4 Å². The van der Waals surface area contributed by atoms with E-state index in [1.165, 1.54) is 11.3 Å². The zero-order valence-corrected chi connectivity index (χ0v) is 19.8. The summed E-state index contributed by atoms with van der Waals surface area (Å²) in [5, 5.41) is 8.76. The molecule has 1 aromatic carbocycles. The van der Waals surface area contributed by atoms with Gasteiger partial charge >= 0.3 is 6.03 Å². The van der Waals surface area contributed by atoms with Crippen LogP contribution in [0.1, 0.15) is 41.7 Å². The van der Waals surface area contributed by atoms with E-state index in [2.05, 4.69) is 16.0 Å². The summed E-state index contributed by atoms with van der Waals surface area (Å²) in [6.45, 7) is 7.26. The topological polar surface area (TPSA) is 90.5 Å². The zero-order chi connectivity index (χ0) is 22.8. The van der Waals surface area contributed by atoms with Crippen molar-refractivity contribution in [2.45, 2.75) is 32.6 Å². The summed E-state index contributed by atoms with van der Waals surface area (Å²) in [6, 6.07) is 6.21. The summed E-state index contributed by atoms with van der Waals surface area (Å²) in [4.78, 5) is 40.5. The molecule has 3 N–H and O–H groups in total. The molecule has 0 aliphatic carbocycles. The lowest BCUT2D eigenvalue weighted by atomic mass is 9.94. The maximum atomic E-state index is 13.2.